The third-order valence-corrected chi connectivity index (χ3v) is 3.60. The molecule has 1 N–H and O–H groups in total. The largest absolute Gasteiger partial charge is 0.345 e. The lowest BCUT2D eigenvalue weighted by molar-refractivity contribution is 0.146. The molecule has 7 heteroatoms. The van der Waals surface area contributed by atoms with Crippen LogP contribution < -0.4 is 5.32 Å². The van der Waals surface area contributed by atoms with E-state index < -0.39 is 6.43 Å². The zero-order chi connectivity index (χ0) is 14.0. The minimum absolute atomic E-state index is 0.212. The molecular weight excluding hydrogens is 288 g/mol. The lowest BCUT2D eigenvalue weighted by Gasteiger charge is -2.09. The molecule has 0 aliphatic rings. The maximum Gasteiger partial charge on any atom is 0.283 e. The van der Waals surface area contributed by atoms with Gasteiger partial charge in [-0.15, -0.1) is 5.10 Å². The summed E-state index contributed by atoms with van der Waals surface area (Å²) in [4.78, 5) is 0.430. The Kier molecular flexibility index (Phi) is 4.16. The van der Waals surface area contributed by atoms with Gasteiger partial charge >= 0.3 is 0 Å². The SMILES string of the molecule is Cc1cc(C)cc(NC(=S)c2snnc2C(F)F)c1. The molecule has 0 atom stereocenters. The number of aryl methyl sites for hydroxylation is 2. The average molecular weight is 299 g/mol. The molecule has 1 aromatic carbocycles. The maximum atomic E-state index is 12.7. The lowest BCUT2D eigenvalue weighted by Crippen LogP contribution is -2.11. The third-order valence-electron chi connectivity index (χ3n) is 2.41. The molecule has 0 amide bonds. The molecule has 1 heterocycles. The molecule has 1 aromatic heterocycles. The number of thiocarbonyl (C=S) groups is 1. The first kappa shape index (κ1) is 14.0. The molecule has 19 heavy (non-hydrogen) atoms. The van der Waals surface area contributed by atoms with Gasteiger partial charge in [0.05, 0.1) is 0 Å². The standard InChI is InChI=1S/C12H11F2N3S2/c1-6-3-7(2)5-8(4-6)15-12(18)10-9(11(13)14)16-17-19-10/h3-5,11H,1-2H3,(H,15,18). The minimum atomic E-state index is -2.67. The van der Waals surface area contributed by atoms with E-state index in [-0.39, 0.29) is 15.6 Å². The van der Waals surface area contributed by atoms with Gasteiger partial charge in [0.25, 0.3) is 6.43 Å². The molecule has 100 valence electrons. The minimum Gasteiger partial charge on any atom is -0.345 e. The molecule has 0 saturated heterocycles. The maximum absolute atomic E-state index is 12.7. The number of hydrogen-bond acceptors (Lipinski definition) is 4. The van der Waals surface area contributed by atoms with Crippen LogP contribution in [0.1, 0.15) is 28.1 Å². The van der Waals surface area contributed by atoms with Gasteiger partial charge in [0.1, 0.15) is 9.87 Å². The van der Waals surface area contributed by atoms with Gasteiger partial charge < -0.3 is 5.32 Å². The van der Waals surface area contributed by atoms with Crippen LogP contribution in [0.5, 0.6) is 0 Å². The Balaban J connectivity index is 2.23. The normalized spacial score (nSPS) is 10.8. The highest BCUT2D eigenvalue weighted by Crippen LogP contribution is 2.24. The van der Waals surface area contributed by atoms with Gasteiger partial charge in [-0.2, -0.15) is 0 Å². The Hall–Kier alpha value is -1.47. The fraction of sp³-hybridized carbons (Fsp3) is 0.250. The molecule has 2 aromatic rings. The highest BCUT2D eigenvalue weighted by atomic mass is 32.1. The Morgan fingerprint density at radius 3 is 2.47 bits per heavy atom. The quantitative estimate of drug-likeness (QED) is 0.873. The number of benzene rings is 1. The predicted octanol–water partition coefficient (Wildman–Crippen LogP) is 3.88. The summed E-state index contributed by atoms with van der Waals surface area (Å²) in [5, 5.41) is 6.35. The number of nitrogens with one attached hydrogen (secondary N) is 1. The van der Waals surface area contributed by atoms with Crippen molar-refractivity contribution in [2.45, 2.75) is 20.3 Å². The van der Waals surface area contributed by atoms with Gasteiger partial charge in [-0.05, 0) is 48.6 Å². The first-order chi connectivity index (χ1) is 8.97. The molecule has 0 saturated carbocycles. The van der Waals surface area contributed by atoms with Crippen molar-refractivity contribution in [3.8, 4) is 0 Å². The number of hydrogen-bond donors (Lipinski definition) is 1. The predicted molar refractivity (Wildman–Crippen MR) is 76.1 cm³/mol. The molecule has 0 bridgehead atoms. The Bertz CT molecular complexity index is 591. The van der Waals surface area contributed by atoms with E-state index in [1.165, 1.54) is 0 Å². The Morgan fingerprint density at radius 2 is 1.89 bits per heavy atom. The molecule has 0 aliphatic heterocycles. The Morgan fingerprint density at radius 1 is 1.26 bits per heavy atom. The second-order valence-corrected chi connectivity index (χ2v) is 5.28. The molecule has 0 radical (unpaired) electrons. The first-order valence-corrected chi connectivity index (χ1v) is 6.65. The van der Waals surface area contributed by atoms with Crippen LogP contribution in [0.3, 0.4) is 0 Å². The van der Waals surface area contributed by atoms with Crippen molar-refractivity contribution in [2.75, 3.05) is 5.32 Å². The van der Waals surface area contributed by atoms with Crippen LogP contribution in [0, 0.1) is 13.8 Å². The summed E-state index contributed by atoms with van der Waals surface area (Å²) in [5.41, 5.74) is 2.55. The van der Waals surface area contributed by atoms with E-state index in [1.54, 1.807) is 0 Å². The van der Waals surface area contributed by atoms with Crippen LogP contribution in [0.25, 0.3) is 0 Å². The van der Waals surface area contributed by atoms with Crippen LogP contribution in [-0.4, -0.2) is 14.6 Å². The van der Waals surface area contributed by atoms with Crippen molar-refractivity contribution in [1.82, 2.24) is 9.59 Å². The average Bonchev–Trinajstić information content (AvgIpc) is 2.75. The van der Waals surface area contributed by atoms with Crippen LogP contribution in [0.15, 0.2) is 18.2 Å². The number of rotatable bonds is 3. The number of nitrogens with zero attached hydrogens (tertiary/aromatic N) is 2. The summed E-state index contributed by atoms with van der Waals surface area (Å²) in [7, 11) is 0. The van der Waals surface area contributed by atoms with E-state index in [4.69, 9.17) is 12.2 Å². The molecule has 0 spiro atoms. The van der Waals surface area contributed by atoms with Crippen molar-refractivity contribution in [3.63, 3.8) is 0 Å². The van der Waals surface area contributed by atoms with E-state index in [1.807, 2.05) is 32.0 Å². The lowest BCUT2D eigenvalue weighted by atomic mass is 10.1. The van der Waals surface area contributed by atoms with Gasteiger partial charge in [-0.1, -0.05) is 22.8 Å². The van der Waals surface area contributed by atoms with Gasteiger partial charge in [0.15, 0.2) is 5.69 Å². The molecule has 0 unspecified atom stereocenters. The van der Waals surface area contributed by atoms with E-state index in [0.29, 0.717) is 0 Å². The summed E-state index contributed by atoms with van der Waals surface area (Å²) < 4.78 is 28.9. The second kappa shape index (κ2) is 5.66. The van der Waals surface area contributed by atoms with Crippen LogP contribution >= 0.6 is 23.8 Å². The number of alkyl halides is 2. The summed E-state index contributed by atoms with van der Waals surface area (Å²) in [6, 6.07) is 5.82. The van der Waals surface area contributed by atoms with Crippen molar-refractivity contribution < 1.29 is 8.78 Å². The molecule has 0 aliphatic carbocycles. The molecular formula is C12H11F2N3S2. The third kappa shape index (κ3) is 3.30. The zero-order valence-electron chi connectivity index (χ0n) is 10.3. The molecule has 3 nitrogen and oxygen atoms in total. The zero-order valence-corrected chi connectivity index (χ0v) is 11.9. The van der Waals surface area contributed by atoms with Crippen LogP contribution in [-0.2, 0) is 0 Å². The highest BCUT2D eigenvalue weighted by Gasteiger charge is 2.21. The smallest absolute Gasteiger partial charge is 0.283 e. The van der Waals surface area contributed by atoms with Crippen molar-refractivity contribution in [3.05, 3.63) is 39.9 Å². The number of aromatic nitrogens is 2. The van der Waals surface area contributed by atoms with Gasteiger partial charge in [-0.25, -0.2) is 8.78 Å². The molecule has 2 rings (SSSR count). The van der Waals surface area contributed by atoms with Crippen molar-refractivity contribution in [1.29, 1.82) is 0 Å². The van der Waals surface area contributed by atoms with E-state index in [0.717, 1.165) is 28.3 Å². The van der Waals surface area contributed by atoms with E-state index >= 15 is 0 Å². The summed E-state index contributed by atoms with van der Waals surface area (Å²) in [6.45, 7) is 3.92. The van der Waals surface area contributed by atoms with Crippen LogP contribution in [0.2, 0.25) is 0 Å². The number of anilines is 1. The van der Waals surface area contributed by atoms with E-state index in [2.05, 4.69) is 14.9 Å². The highest BCUT2D eigenvalue weighted by molar-refractivity contribution is 7.81. The van der Waals surface area contributed by atoms with Gasteiger partial charge in [-0.3, -0.25) is 0 Å². The van der Waals surface area contributed by atoms with E-state index in [9.17, 15) is 8.78 Å². The van der Waals surface area contributed by atoms with Gasteiger partial charge in [0, 0.05) is 5.69 Å². The summed E-state index contributed by atoms with van der Waals surface area (Å²) in [6.07, 6.45) is -2.67. The number of halogens is 2. The second-order valence-electron chi connectivity index (χ2n) is 4.12. The Labute approximate surface area is 118 Å². The fourth-order valence-corrected chi connectivity index (χ4v) is 2.63. The van der Waals surface area contributed by atoms with Crippen molar-refractivity contribution >= 4 is 34.4 Å². The first-order valence-electron chi connectivity index (χ1n) is 5.47. The molecule has 0 fully saturated rings. The summed E-state index contributed by atoms with van der Waals surface area (Å²) >= 11 is 6.00. The monoisotopic (exact) mass is 299 g/mol. The summed E-state index contributed by atoms with van der Waals surface area (Å²) in [5.74, 6) is 0. The van der Waals surface area contributed by atoms with Crippen molar-refractivity contribution in [2.24, 2.45) is 0 Å². The fourth-order valence-electron chi connectivity index (χ4n) is 1.73. The topological polar surface area (TPSA) is 37.8 Å². The van der Waals surface area contributed by atoms with Crippen LogP contribution in [0.4, 0.5) is 14.5 Å². The van der Waals surface area contributed by atoms with Gasteiger partial charge in [0.2, 0.25) is 0 Å².